The summed E-state index contributed by atoms with van der Waals surface area (Å²) >= 11 is 0. The van der Waals surface area contributed by atoms with Crippen LogP contribution in [0.4, 0.5) is 0 Å². The van der Waals surface area contributed by atoms with Crippen LogP contribution in [0.25, 0.3) is 0 Å². The average Bonchev–Trinajstić information content (AvgIpc) is 2.00. The van der Waals surface area contributed by atoms with E-state index in [0.29, 0.717) is 6.42 Å². The lowest BCUT2D eigenvalue weighted by atomic mass is 9.93. The van der Waals surface area contributed by atoms with Gasteiger partial charge >= 0.3 is 5.97 Å². The van der Waals surface area contributed by atoms with Gasteiger partial charge in [-0.2, -0.15) is 0 Å². The Bertz CT molecular complexity index is 235. The summed E-state index contributed by atoms with van der Waals surface area (Å²) < 4.78 is 0.268. The molecule has 2 atom stereocenters. The average molecular weight is 218 g/mol. The molecule has 0 bridgehead atoms. The normalized spacial score (nSPS) is 18.7. The van der Waals surface area contributed by atoms with Crippen LogP contribution in [0.5, 0.6) is 0 Å². The minimum atomic E-state index is -1.09. The van der Waals surface area contributed by atoms with E-state index in [9.17, 15) is 9.90 Å². The van der Waals surface area contributed by atoms with E-state index in [4.69, 9.17) is 5.73 Å². The van der Waals surface area contributed by atoms with E-state index in [0.717, 1.165) is 0 Å². The second-order valence-electron chi connectivity index (χ2n) is 4.95. The number of hydrogen-bond donors (Lipinski definition) is 2. The first-order valence-electron chi connectivity index (χ1n) is 5.10. The van der Waals surface area contributed by atoms with Gasteiger partial charge in [-0.3, -0.25) is 0 Å². The van der Waals surface area contributed by atoms with Crippen LogP contribution in [0.3, 0.4) is 0 Å². The SMILES string of the molecule is CCC(N)C(C(=O)O)(N(C)C)[N+](C)(C)C. The van der Waals surface area contributed by atoms with Crippen molar-refractivity contribution in [3.8, 4) is 0 Å². The first-order chi connectivity index (χ1) is 6.62. The molecule has 0 aliphatic heterocycles. The number of carboxylic acid groups (broad SMARTS) is 1. The topological polar surface area (TPSA) is 66.6 Å². The molecule has 0 aliphatic carbocycles. The van der Waals surface area contributed by atoms with Crippen molar-refractivity contribution in [3.05, 3.63) is 0 Å². The van der Waals surface area contributed by atoms with Crippen LogP contribution < -0.4 is 5.73 Å². The summed E-state index contributed by atoms with van der Waals surface area (Å²) in [4.78, 5) is 13.3. The number of carboxylic acids is 1. The molecule has 0 rings (SSSR count). The van der Waals surface area contributed by atoms with E-state index in [1.807, 2.05) is 28.1 Å². The van der Waals surface area contributed by atoms with Crippen LogP contribution in [-0.4, -0.2) is 67.4 Å². The highest BCUT2D eigenvalue weighted by Gasteiger charge is 2.57. The van der Waals surface area contributed by atoms with E-state index in [1.165, 1.54) is 0 Å². The monoisotopic (exact) mass is 218 g/mol. The van der Waals surface area contributed by atoms with E-state index >= 15 is 0 Å². The van der Waals surface area contributed by atoms with Gasteiger partial charge < -0.3 is 15.3 Å². The Labute approximate surface area is 92.0 Å². The smallest absolute Gasteiger partial charge is 0.384 e. The molecule has 5 heteroatoms. The number of nitrogens with zero attached hydrogens (tertiary/aromatic N) is 2. The first-order valence-corrected chi connectivity index (χ1v) is 5.10. The molecule has 0 saturated heterocycles. The number of quaternary nitrogens is 1. The highest BCUT2D eigenvalue weighted by Crippen LogP contribution is 2.26. The zero-order valence-electron chi connectivity index (χ0n) is 10.6. The molecule has 0 aromatic rings. The number of rotatable bonds is 5. The van der Waals surface area contributed by atoms with Crippen LogP contribution in [0, 0.1) is 0 Å². The third-order valence-electron chi connectivity index (χ3n) is 2.98. The van der Waals surface area contributed by atoms with Crippen molar-refractivity contribution in [2.45, 2.75) is 25.0 Å². The molecule has 0 amide bonds. The van der Waals surface area contributed by atoms with Gasteiger partial charge in [-0.05, 0) is 20.5 Å². The molecule has 0 spiro atoms. The van der Waals surface area contributed by atoms with Crippen LogP contribution >= 0.6 is 0 Å². The third-order valence-corrected chi connectivity index (χ3v) is 2.98. The van der Waals surface area contributed by atoms with Crippen LogP contribution in [0.1, 0.15) is 13.3 Å². The van der Waals surface area contributed by atoms with Gasteiger partial charge in [-0.1, -0.05) is 6.92 Å². The van der Waals surface area contributed by atoms with Gasteiger partial charge in [0.25, 0.3) is 5.66 Å². The van der Waals surface area contributed by atoms with Crippen LogP contribution in [0.2, 0.25) is 0 Å². The van der Waals surface area contributed by atoms with Crippen molar-refractivity contribution >= 4 is 5.97 Å². The summed E-state index contributed by atoms with van der Waals surface area (Å²) in [5.41, 5.74) is 4.91. The lowest BCUT2D eigenvalue weighted by Crippen LogP contribution is -2.76. The van der Waals surface area contributed by atoms with Crippen molar-refractivity contribution in [3.63, 3.8) is 0 Å². The maximum Gasteiger partial charge on any atom is 0.384 e. The number of carbonyl (C=O) groups is 1. The number of aliphatic carboxylic acids is 1. The van der Waals surface area contributed by atoms with Gasteiger partial charge in [-0.15, -0.1) is 0 Å². The van der Waals surface area contributed by atoms with Gasteiger partial charge in [0.2, 0.25) is 0 Å². The Balaban J connectivity index is 5.60. The van der Waals surface area contributed by atoms with Crippen molar-refractivity contribution in [1.29, 1.82) is 0 Å². The number of hydrogen-bond acceptors (Lipinski definition) is 3. The third kappa shape index (κ3) is 2.14. The molecule has 0 aromatic heterocycles. The fraction of sp³-hybridized carbons (Fsp3) is 0.900. The molecule has 0 heterocycles. The van der Waals surface area contributed by atoms with Gasteiger partial charge in [0.1, 0.15) is 0 Å². The predicted octanol–water partition coefficient (Wildman–Crippen LogP) is -0.228. The Kier molecular flexibility index (Phi) is 4.27. The predicted molar refractivity (Wildman–Crippen MR) is 60.4 cm³/mol. The maximum absolute atomic E-state index is 11.6. The molecule has 0 aliphatic rings. The van der Waals surface area contributed by atoms with E-state index in [2.05, 4.69) is 0 Å². The zero-order chi connectivity index (χ0) is 12.4. The first kappa shape index (κ1) is 14.3. The van der Waals surface area contributed by atoms with E-state index in [-0.39, 0.29) is 4.48 Å². The maximum atomic E-state index is 11.6. The second-order valence-corrected chi connectivity index (χ2v) is 4.95. The molecule has 0 aromatic carbocycles. The van der Waals surface area contributed by atoms with Gasteiger partial charge in [0, 0.05) is 0 Å². The molecular formula is C10H24N3O2+. The molecule has 0 fully saturated rings. The Morgan fingerprint density at radius 1 is 1.47 bits per heavy atom. The highest BCUT2D eigenvalue weighted by molar-refractivity contribution is 5.77. The summed E-state index contributed by atoms with van der Waals surface area (Å²) in [6.07, 6.45) is 0.625. The van der Waals surface area contributed by atoms with E-state index < -0.39 is 17.7 Å². The molecule has 5 nitrogen and oxygen atoms in total. The van der Waals surface area contributed by atoms with E-state index in [1.54, 1.807) is 19.0 Å². The standard InChI is InChI=1S/C10H23N3O2/c1-7-8(11)10(9(14)15,12(2)3)13(4,5)6/h8H,7,11H2,1-6H3/p+1. The molecule has 90 valence electrons. The van der Waals surface area contributed by atoms with Crippen LogP contribution in [0.15, 0.2) is 0 Å². The van der Waals surface area contributed by atoms with Gasteiger partial charge in [0.15, 0.2) is 0 Å². The van der Waals surface area contributed by atoms with Gasteiger partial charge in [0.05, 0.1) is 27.2 Å². The number of likely N-dealkylation sites (N-methyl/N-ethyl adjacent to an activating group) is 2. The molecule has 0 saturated carbocycles. The molecular weight excluding hydrogens is 194 g/mol. The summed E-state index contributed by atoms with van der Waals surface area (Å²) in [5.74, 6) is -0.880. The zero-order valence-corrected chi connectivity index (χ0v) is 10.6. The van der Waals surface area contributed by atoms with Gasteiger partial charge in [-0.25, -0.2) is 9.69 Å². The van der Waals surface area contributed by atoms with Crippen molar-refractivity contribution in [2.24, 2.45) is 5.73 Å². The fourth-order valence-electron chi connectivity index (χ4n) is 2.35. The number of nitrogens with two attached hydrogens (primary N) is 1. The molecule has 15 heavy (non-hydrogen) atoms. The largest absolute Gasteiger partial charge is 0.475 e. The summed E-state index contributed by atoms with van der Waals surface area (Å²) in [5, 5.41) is 9.49. The molecule has 0 radical (unpaired) electrons. The second kappa shape index (κ2) is 4.47. The Hall–Kier alpha value is -0.650. The highest BCUT2D eigenvalue weighted by atomic mass is 16.4. The van der Waals surface area contributed by atoms with Crippen molar-refractivity contribution in [1.82, 2.24) is 4.90 Å². The minimum absolute atomic E-state index is 0.268. The molecule has 3 N–H and O–H groups in total. The summed E-state index contributed by atoms with van der Waals surface area (Å²) in [7, 11) is 9.07. The van der Waals surface area contributed by atoms with Crippen molar-refractivity contribution < 1.29 is 14.4 Å². The summed E-state index contributed by atoms with van der Waals surface area (Å²) in [6, 6.07) is -0.412. The Morgan fingerprint density at radius 2 is 1.87 bits per heavy atom. The quantitative estimate of drug-likeness (QED) is 0.494. The Morgan fingerprint density at radius 3 is 1.93 bits per heavy atom. The lowest BCUT2D eigenvalue weighted by molar-refractivity contribution is -0.928. The van der Waals surface area contributed by atoms with Crippen LogP contribution in [-0.2, 0) is 4.79 Å². The van der Waals surface area contributed by atoms with Crippen molar-refractivity contribution in [2.75, 3.05) is 35.2 Å². The summed E-state index contributed by atoms with van der Waals surface area (Å²) in [6.45, 7) is 1.90. The molecule has 2 unspecified atom stereocenters. The fourth-order valence-corrected chi connectivity index (χ4v) is 2.35. The lowest BCUT2D eigenvalue weighted by Gasteiger charge is -2.49. The minimum Gasteiger partial charge on any atom is -0.475 e.